The van der Waals surface area contributed by atoms with E-state index in [4.69, 9.17) is 4.74 Å². The van der Waals surface area contributed by atoms with E-state index < -0.39 is 17.7 Å². The average Bonchev–Trinajstić information content (AvgIpc) is 2.99. The van der Waals surface area contributed by atoms with Gasteiger partial charge in [0.05, 0.1) is 11.6 Å². The van der Waals surface area contributed by atoms with Gasteiger partial charge in [0.15, 0.2) is 0 Å². The summed E-state index contributed by atoms with van der Waals surface area (Å²) in [7, 11) is 1.60. The average molecular weight is 379 g/mol. The fraction of sp³-hybridized carbons (Fsp3) is 0.304. The summed E-state index contributed by atoms with van der Waals surface area (Å²) < 4.78 is 5.09. The minimum atomic E-state index is -0.650. The van der Waals surface area contributed by atoms with Crippen molar-refractivity contribution >= 4 is 17.4 Å². The molecule has 5 nitrogen and oxygen atoms in total. The monoisotopic (exact) mass is 379 g/mol. The zero-order valence-electron chi connectivity index (χ0n) is 16.2. The van der Waals surface area contributed by atoms with Crippen molar-refractivity contribution in [3.8, 4) is 0 Å². The molecule has 1 atom stereocenters. The van der Waals surface area contributed by atoms with Crippen LogP contribution in [0.15, 0.2) is 60.2 Å². The van der Waals surface area contributed by atoms with Crippen molar-refractivity contribution in [2.75, 3.05) is 20.3 Å². The molecule has 0 aliphatic carbocycles. The first-order chi connectivity index (χ1) is 13.6. The largest absolute Gasteiger partial charge is 0.507 e. The molecule has 0 spiro atoms. The van der Waals surface area contributed by atoms with E-state index in [-0.39, 0.29) is 11.3 Å². The molecular formula is C23H25NO4. The van der Waals surface area contributed by atoms with Crippen LogP contribution in [0.2, 0.25) is 0 Å². The van der Waals surface area contributed by atoms with Crippen LogP contribution < -0.4 is 0 Å². The van der Waals surface area contributed by atoms with Crippen LogP contribution in [0.25, 0.3) is 5.76 Å². The second kappa shape index (κ2) is 8.85. The third kappa shape index (κ3) is 3.85. The fourth-order valence-corrected chi connectivity index (χ4v) is 3.52. The van der Waals surface area contributed by atoms with E-state index in [1.165, 1.54) is 10.5 Å². The van der Waals surface area contributed by atoms with Gasteiger partial charge in [-0.1, -0.05) is 61.5 Å². The Balaban J connectivity index is 2.09. The Hall–Kier alpha value is -2.92. The highest BCUT2D eigenvalue weighted by molar-refractivity contribution is 6.46. The predicted molar refractivity (Wildman–Crippen MR) is 108 cm³/mol. The second-order valence-electron chi connectivity index (χ2n) is 6.80. The smallest absolute Gasteiger partial charge is 0.295 e. The molecule has 1 aliphatic heterocycles. The maximum atomic E-state index is 12.8. The summed E-state index contributed by atoms with van der Waals surface area (Å²) in [5.74, 6) is -1.38. The van der Waals surface area contributed by atoms with Crippen molar-refractivity contribution < 1.29 is 19.4 Å². The Kier molecular flexibility index (Phi) is 6.26. The minimum Gasteiger partial charge on any atom is -0.507 e. The summed E-state index contributed by atoms with van der Waals surface area (Å²) in [5, 5.41) is 10.9. The van der Waals surface area contributed by atoms with Crippen LogP contribution >= 0.6 is 0 Å². The van der Waals surface area contributed by atoms with E-state index >= 15 is 0 Å². The normalized spacial score (nSPS) is 18.6. The second-order valence-corrected chi connectivity index (χ2v) is 6.80. The first-order valence-electron chi connectivity index (χ1n) is 9.50. The Morgan fingerprint density at radius 1 is 1.07 bits per heavy atom. The van der Waals surface area contributed by atoms with Gasteiger partial charge in [-0.25, -0.2) is 0 Å². The number of aliphatic hydroxyl groups is 1. The van der Waals surface area contributed by atoms with Crippen LogP contribution in [0, 0.1) is 0 Å². The topological polar surface area (TPSA) is 66.8 Å². The van der Waals surface area contributed by atoms with Crippen LogP contribution in [0.1, 0.15) is 36.1 Å². The SMILES string of the molecule is CCc1ccc(C2/C(=C(/O)c3ccccc3)C(=O)C(=O)N2CCCOC)cc1. The quantitative estimate of drug-likeness (QED) is 0.345. The van der Waals surface area contributed by atoms with Crippen LogP contribution in [0.5, 0.6) is 0 Å². The van der Waals surface area contributed by atoms with Gasteiger partial charge >= 0.3 is 0 Å². The van der Waals surface area contributed by atoms with Crippen molar-refractivity contribution in [3.63, 3.8) is 0 Å². The lowest BCUT2D eigenvalue weighted by Crippen LogP contribution is -2.31. The summed E-state index contributed by atoms with van der Waals surface area (Å²) in [6, 6.07) is 16.1. The maximum Gasteiger partial charge on any atom is 0.295 e. The molecular weight excluding hydrogens is 354 g/mol. The highest BCUT2D eigenvalue weighted by Gasteiger charge is 2.45. The molecule has 1 amide bonds. The standard InChI is InChI=1S/C23H25NO4/c1-3-16-10-12-17(13-11-16)20-19(21(25)18-8-5-4-6-9-18)22(26)23(27)24(20)14-7-15-28-2/h4-6,8-13,20,25H,3,7,14-15H2,1-2H3/b21-19-. The summed E-state index contributed by atoms with van der Waals surface area (Å²) in [6.07, 6.45) is 1.51. The molecule has 0 saturated carbocycles. The number of aryl methyl sites for hydroxylation is 1. The van der Waals surface area contributed by atoms with Crippen LogP contribution in [-0.2, 0) is 20.7 Å². The Morgan fingerprint density at radius 2 is 1.75 bits per heavy atom. The number of likely N-dealkylation sites (tertiary alicyclic amines) is 1. The van der Waals surface area contributed by atoms with Gasteiger partial charge in [0.2, 0.25) is 0 Å². The molecule has 1 saturated heterocycles. The van der Waals surface area contributed by atoms with Gasteiger partial charge in [-0.05, 0) is 24.0 Å². The zero-order valence-corrected chi connectivity index (χ0v) is 16.2. The summed E-state index contributed by atoms with van der Waals surface area (Å²) in [4.78, 5) is 27.1. The molecule has 3 rings (SSSR count). The minimum absolute atomic E-state index is 0.137. The van der Waals surface area contributed by atoms with Crippen molar-refractivity contribution in [3.05, 3.63) is 76.9 Å². The van der Waals surface area contributed by atoms with Crippen molar-refractivity contribution in [1.82, 2.24) is 4.90 Å². The van der Waals surface area contributed by atoms with Crippen molar-refractivity contribution in [2.45, 2.75) is 25.8 Å². The molecule has 1 fully saturated rings. The molecule has 1 N–H and O–H groups in total. The number of amides is 1. The molecule has 1 heterocycles. The summed E-state index contributed by atoms with van der Waals surface area (Å²) in [6.45, 7) is 2.94. The Labute approximate surface area is 165 Å². The zero-order chi connectivity index (χ0) is 20.1. The van der Waals surface area contributed by atoms with Gasteiger partial charge in [-0.2, -0.15) is 0 Å². The number of rotatable bonds is 7. The molecule has 0 radical (unpaired) electrons. The number of hydrogen-bond donors (Lipinski definition) is 1. The molecule has 146 valence electrons. The lowest BCUT2D eigenvalue weighted by atomic mass is 9.94. The molecule has 1 unspecified atom stereocenters. The third-order valence-electron chi connectivity index (χ3n) is 5.04. The van der Waals surface area contributed by atoms with Crippen LogP contribution in [0.3, 0.4) is 0 Å². The number of Topliss-reactive ketones (excluding diaryl/α,β-unsaturated/α-hetero) is 1. The number of methoxy groups -OCH3 is 1. The third-order valence-corrected chi connectivity index (χ3v) is 5.04. The number of ether oxygens (including phenoxy) is 1. The number of aliphatic hydroxyl groups excluding tert-OH is 1. The van der Waals surface area contributed by atoms with E-state index in [9.17, 15) is 14.7 Å². The number of benzene rings is 2. The van der Waals surface area contributed by atoms with Gasteiger partial charge in [0.25, 0.3) is 11.7 Å². The lowest BCUT2D eigenvalue weighted by molar-refractivity contribution is -0.140. The molecule has 5 heteroatoms. The molecule has 28 heavy (non-hydrogen) atoms. The molecule has 1 aliphatic rings. The molecule has 2 aromatic rings. The Morgan fingerprint density at radius 3 is 2.36 bits per heavy atom. The van der Waals surface area contributed by atoms with Crippen LogP contribution in [-0.4, -0.2) is 42.0 Å². The van der Waals surface area contributed by atoms with Crippen molar-refractivity contribution in [1.29, 1.82) is 0 Å². The number of hydrogen-bond acceptors (Lipinski definition) is 4. The van der Waals surface area contributed by atoms with E-state index in [0.29, 0.717) is 25.1 Å². The van der Waals surface area contributed by atoms with Gasteiger partial charge in [-0.15, -0.1) is 0 Å². The summed E-state index contributed by atoms with van der Waals surface area (Å²) >= 11 is 0. The molecule has 0 bridgehead atoms. The number of ketones is 1. The van der Waals surface area contributed by atoms with E-state index in [1.807, 2.05) is 30.3 Å². The number of nitrogens with zero attached hydrogens (tertiary/aromatic N) is 1. The van der Waals surface area contributed by atoms with Gasteiger partial charge < -0.3 is 14.7 Å². The first-order valence-corrected chi connectivity index (χ1v) is 9.50. The van der Waals surface area contributed by atoms with Gasteiger partial charge in [0, 0.05) is 25.8 Å². The highest BCUT2D eigenvalue weighted by Crippen LogP contribution is 2.39. The summed E-state index contributed by atoms with van der Waals surface area (Å²) in [5.41, 5.74) is 2.64. The van der Waals surface area contributed by atoms with E-state index in [1.54, 1.807) is 31.4 Å². The molecule has 0 aromatic heterocycles. The number of carbonyl (C=O) groups is 2. The first kappa shape index (κ1) is 19.8. The van der Waals surface area contributed by atoms with E-state index in [0.717, 1.165) is 12.0 Å². The maximum absolute atomic E-state index is 12.8. The van der Waals surface area contributed by atoms with Gasteiger partial charge in [-0.3, -0.25) is 9.59 Å². The van der Waals surface area contributed by atoms with Crippen LogP contribution in [0.4, 0.5) is 0 Å². The van der Waals surface area contributed by atoms with Gasteiger partial charge in [0.1, 0.15) is 5.76 Å². The number of carbonyl (C=O) groups excluding carboxylic acids is 2. The van der Waals surface area contributed by atoms with E-state index in [2.05, 4.69) is 6.92 Å². The lowest BCUT2D eigenvalue weighted by Gasteiger charge is -2.25. The van der Waals surface area contributed by atoms with Crippen molar-refractivity contribution in [2.24, 2.45) is 0 Å². The Bertz CT molecular complexity index is 871. The predicted octanol–water partition coefficient (Wildman–Crippen LogP) is 3.71. The molecule has 2 aromatic carbocycles. The highest BCUT2D eigenvalue weighted by atomic mass is 16.5. The fourth-order valence-electron chi connectivity index (χ4n) is 3.52.